The summed E-state index contributed by atoms with van der Waals surface area (Å²) in [5.41, 5.74) is 0. The average Bonchev–Trinajstić information content (AvgIpc) is 2.30. The third kappa shape index (κ3) is 2.04. The van der Waals surface area contributed by atoms with Crippen molar-refractivity contribution in [2.24, 2.45) is 0 Å². The van der Waals surface area contributed by atoms with Gasteiger partial charge in [-0.2, -0.15) is 0 Å². The summed E-state index contributed by atoms with van der Waals surface area (Å²) >= 11 is 0. The number of anilines is 1. The van der Waals surface area contributed by atoms with E-state index in [4.69, 9.17) is 9.47 Å². The largest absolute Gasteiger partial charge is 0.493 e. The first-order valence-electron chi connectivity index (χ1n) is 5.16. The molecule has 0 aromatic carbocycles. The lowest BCUT2D eigenvalue weighted by Gasteiger charge is -2.34. The molecule has 1 aliphatic rings. The number of rotatable bonds is 2. The van der Waals surface area contributed by atoms with Crippen LogP contribution in [0, 0.1) is 0 Å². The van der Waals surface area contributed by atoms with E-state index in [2.05, 4.69) is 16.8 Å². The van der Waals surface area contributed by atoms with Crippen LogP contribution in [0.15, 0.2) is 18.3 Å². The topological polar surface area (TPSA) is 34.6 Å². The van der Waals surface area contributed by atoms with Gasteiger partial charge < -0.3 is 14.4 Å². The number of hydrogen-bond donors (Lipinski definition) is 0. The molecule has 0 unspecified atom stereocenters. The minimum Gasteiger partial charge on any atom is -0.493 e. The Bertz CT molecular complexity index is 330. The summed E-state index contributed by atoms with van der Waals surface area (Å²) in [5.74, 6) is 1.74. The van der Waals surface area contributed by atoms with Crippen LogP contribution in [0.25, 0.3) is 0 Å². The molecule has 1 aliphatic heterocycles. The maximum Gasteiger partial charge on any atom is 0.171 e. The van der Waals surface area contributed by atoms with Crippen LogP contribution in [-0.4, -0.2) is 37.9 Å². The summed E-state index contributed by atoms with van der Waals surface area (Å²) in [4.78, 5) is 6.59. The van der Waals surface area contributed by atoms with Crippen LogP contribution in [0.1, 0.15) is 6.92 Å². The predicted octanol–water partition coefficient (Wildman–Crippen LogP) is 1.32. The van der Waals surface area contributed by atoms with Crippen molar-refractivity contribution < 1.29 is 9.47 Å². The van der Waals surface area contributed by atoms with Crippen LogP contribution in [0.5, 0.6) is 5.75 Å². The Balaban J connectivity index is 2.26. The molecule has 4 heteroatoms. The molecule has 1 fully saturated rings. The molecule has 0 N–H and O–H groups in total. The van der Waals surface area contributed by atoms with E-state index in [0.29, 0.717) is 6.04 Å². The smallest absolute Gasteiger partial charge is 0.171 e. The first kappa shape index (κ1) is 10.2. The highest BCUT2D eigenvalue weighted by Gasteiger charge is 2.22. The fourth-order valence-electron chi connectivity index (χ4n) is 1.80. The lowest BCUT2D eigenvalue weighted by atomic mass is 10.2. The highest BCUT2D eigenvalue weighted by molar-refractivity contribution is 5.52. The lowest BCUT2D eigenvalue weighted by molar-refractivity contribution is 0.0982. The molecule has 0 radical (unpaired) electrons. The van der Waals surface area contributed by atoms with Gasteiger partial charge in [0.15, 0.2) is 11.6 Å². The molecule has 2 rings (SSSR count). The normalized spacial score (nSPS) is 21.5. The quantitative estimate of drug-likeness (QED) is 0.734. The fourth-order valence-corrected chi connectivity index (χ4v) is 1.80. The van der Waals surface area contributed by atoms with Gasteiger partial charge >= 0.3 is 0 Å². The van der Waals surface area contributed by atoms with E-state index in [9.17, 15) is 0 Å². The van der Waals surface area contributed by atoms with Crippen LogP contribution in [0.2, 0.25) is 0 Å². The Kier molecular flexibility index (Phi) is 3.06. The highest BCUT2D eigenvalue weighted by Crippen LogP contribution is 2.27. The summed E-state index contributed by atoms with van der Waals surface area (Å²) in [6.45, 7) is 4.51. The lowest BCUT2D eigenvalue weighted by Crippen LogP contribution is -2.44. The average molecular weight is 208 g/mol. The molecule has 0 bridgehead atoms. The second kappa shape index (κ2) is 4.49. The van der Waals surface area contributed by atoms with Gasteiger partial charge in [-0.3, -0.25) is 0 Å². The standard InChI is InChI=1S/C11H16N2O2/c1-9-8-15-7-6-13(9)11-10(14-2)4-3-5-12-11/h3-5,9H,6-8H2,1-2H3/t9-/m0/s1. The van der Waals surface area contributed by atoms with Gasteiger partial charge in [-0.25, -0.2) is 4.98 Å². The third-order valence-corrected chi connectivity index (χ3v) is 2.61. The summed E-state index contributed by atoms with van der Waals surface area (Å²) in [6.07, 6.45) is 1.79. The zero-order valence-electron chi connectivity index (χ0n) is 9.14. The molecule has 15 heavy (non-hydrogen) atoms. The van der Waals surface area contributed by atoms with Gasteiger partial charge in [-0.05, 0) is 19.1 Å². The fraction of sp³-hybridized carbons (Fsp3) is 0.545. The van der Waals surface area contributed by atoms with Crippen molar-refractivity contribution in [2.45, 2.75) is 13.0 Å². The minimum absolute atomic E-state index is 0.350. The molecule has 82 valence electrons. The number of aromatic nitrogens is 1. The molecule has 0 aliphatic carbocycles. The van der Waals surface area contributed by atoms with Gasteiger partial charge in [0.25, 0.3) is 0 Å². The summed E-state index contributed by atoms with van der Waals surface area (Å²) < 4.78 is 10.7. The van der Waals surface area contributed by atoms with Crippen LogP contribution >= 0.6 is 0 Å². The van der Waals surface area contributed by atoms with Gasteiger partial charge in [0.2, 0.25) is 0 Å². The number of ether oxygens (including phenoxy) is 2. The zero-order valence-corrected chi connectivity index (χ0v) is 9.14. The van der Waals surface area contributed by atoms with Gasteiger partial charge in [-0.15, -0.1) is 0 Å². The van der Waals surface area contributed by atoms with Crippen molar-refractivity contribution in [3.63, 3.8) is 0 Å². The molecule has 2 heterocycles. The van der Waals surface area contributed by atoms with Gasteiger partial charge in [0.05, 0.1) is 26.4 Å². The van der Waals surface area contributed by atoms with E-state index in [1.165, 1.54) is 0 Å². The molecule has 1 aromatic heterocycles. The van der Waals surface area contributed by atoms with Crippen LogP contribution in [0.4, 0.5) is 5.82 Å². The Morgan fingerprint density at radius 3 is 3.20 bits per heavy atom. The summed E-state index contributed by atoms with van der Waals surface area (Å²) in [6, 6.07) is 4.17. The molecule has 1 saturated heterocycles. The molecular weight excluding hydrogens is 192 g/mol. The Morgan fingerprint density at radius 1 is 1.60 bits per heavy atom. The number of hydrogen-bond acceptors (Lipinski definition) is 4. The van der Waals surface area contributed by atoms with Crippen molar-refractivity contribution in [3.8, 4) is 5.75 Å². The Hall–Kier alpha value is -1.29. The predicted molar refractivity (Wildman–Crippen MR) is 58.4 cm³/mol. The maximum absolute atomic E-state index is 5.40. The van der Waals surface area contributed by atoms with Crippen LogP contribution < -0.4 is 9.64 Å². The highest BCUT2D eigenvalue weighted by atomic mass is 16.5. The summed E-state index contributed by atoms with van der Waals surface area (Å²) in [7, 11) is 1.67. The second-order valence-electron chi connectivity index (χ2n) is 3.65. The van der Waals surface area contributed by atoms with E-state index in [1.807, 2.05) is 12.1 Å². The molecule has 0 amide bonds. The van der Waals surface area contributed by atoms with E-state index < -0.39 is 0 Å². The minimum atomic E-state index is 0.350. The van der Waals surface area contributed by atoms with E-state index in [-0.39, 0.29) is 0 Å². The molecule has 1 atom stereocenters. The van der Waals surface area contributed by atoms with Crippen molar-refractivity contribution in [3.05, 3.63) is 18.3 Å². The van der Waals surface area contributed by atoms with Crippen LogP contribution in [-0.2, 0) is 4.74 Å². The van der Waals surface area contributed by atoms with Gasteiger partial charge in [0, 0.05) is 12.7 Å². The van der Waals surface area contributed by atoms with Crippen molar-refractivity contribution >= 4 is 5.82 Å². The van der Waals surface area contributed by atoms with E-state index >= 15 is 0 Å². The van der Waals surface area contributed by atoms with Crippen molar-refractivity contribution in [1.29, 1.82) is 0 Å². The number of methoxy groups -OCH3 is 1. The Labute approximate surface area is 89.8 Å². The number of nitrogens with zero attached hydrogens (tertiary/aromatic N) is 2. The number of morpholine rings is 1. The SMILES string of the molecule is COc1cccnc1N1CCOC[C@@H]1C. The maximum atomic E-state index is 5.40. The third-order valence-electron chi connectivity index (χ3n) is 2.61. The van der Waals surface area contributed by atoms with Crippen molar-refractivity contribution in [1.82, 2.24) is 4.98 Å². The monoisotopic (exact) mass is 208 g/mol. The first-order chi connectivity index (χ1) is 7.33. The van der Waals surface area contributed by atoms with Gasteiger partial charge in [0.1, 0.15) is 0 Å². The van der Waals surface area contributed by atoms with Crippen LogP contribution in [0.3, 0.4) is 0 Å². The second-order valence-corrected chi connectivity index (χ2v) is 3.65. The van der Waals surface area contributed by atoms with E-state index in [1.54, 1.807) is 13.3 Å². The van der Waals surface area contributed by atoms with Crippen molar-refractivity contribution in [2.75, 3.05) is 31.8 Å². The Morgan fingerprint density at radius 2 is 2.47 bits per heavy atom. The van der Waals surface area contributed by atoms with E-state index in [0.717, 1.165) is 31.3 Å². The molecule has 0 spiro atoms. The molecule has 0 saturated carbocycles. The number of pyridine rings is 1. The molecule has 4 nitrogen and oxygen atoms in total. The zero-order chi connectivity index (χ0) is 10.7. The molecular formula is C11H16N2O2. The summed E-state index contributed by atoms with van der Waals surface area (Å²) in [5, 5.41) is 0. The first-order valence-corrected chi connectivity index (χ1v) is 5.16. The van der Waals surface area contributed by atoms with Gasteiger partial charge in [-0.1, -0.05) is 0 Å². The molecule has 1 aromatic rings.